The van der Waals surface area contributed by atoms with Crippen LogP contribution in [0.25, 0.3) is 0 Å². The molecule has 0 aliphatic carbocycles. The van der Waals surface area contributed by atoms with E-state index in [0.717, 1.165) is 32.4 Å². The van der Waals surface area contributed by atoms with Crippen LogP contribution in [0.2, 0.25) is 0 Å². The Balaban J connectivity index is 1.42. The van der Waals surface area contributed by atoms with Gasteiger partial charge < -0.3 is 14.8 Å². The minimum Gasteiger partial charge on any atom is -0.342 e. The highest BCUT2D eigenvalue weighted by atomic mass is 16.2. The number of aromatic nitrogens is 1. The van der Waals surface area contributed by atoms with E-state index in [2.05, 4.69) is 17.1 Å². The molecule has 28 heavy (non-hydrogen) atoms. The van der Waals surface area contributed by atoms with E-state index in [0.29, 0.717) is 25.1 Å². The zero-order valence-corrected chi connectivity index (χ0v) is 15.9. The Hall–Kier alpha value is -2.89. The van der Waals surface area contributed by atoms with Crippen LogP contribution in [0.5, 0.6) is 0 Å². The maximum Gasteiger partial charge on any atom is 0.255 e. The number of carbonyl (C=O) groups is 2. The van der Waals surface area contributed by atoms with Gasteiger partial charge in [0.1, 0.15) is 0 Å². The van der Waals surface area contributed by atoms with Crippen LogP contribution in [0, 0.1) is 5.41 Å². The summed E-state index contributed by atoms with van der Waals surface area (Å²) in [5, 5.41) is 0. The highest BCUT2D eigenvalue weighted by Crippen LogP contribution is 2.40. The van der Waals surface area contributed by atoms with Crippen molar-refractivity contribution in [3.8, 4) is 0 Å². The number of pyridine rings is 1. The molecule has 2 aliphatic heterocycles. The zero-order chi connectivity index (χ0) is 19.6. The van der Waals surface area contributed by atoms with Gasteiger partial charge in [-0.2, -0.15) is 0 Å². The first kappa shape index (κ1) is 18.5. The van der Waals surface area contributed by atoms with Crippen LogP contribution in [-0.4, -0.2) is 52.8 Å². The first-order valence-electron chi connectivity index (χ1n) is 9.89. The van der Waals surface area contributed by atoms with Crippen LogP contribution in [0.1, 0.15) is 35.2 Å². The van der Waals surface area contributed by atoms with Crippen molar-refractivity contribution in [1.82, 2.24) is 14.8 Å². The molecular weight excluding hydrogens is 354 g/mol. The molecule has 1 unspecified atom stereocenters. The Morgan fingerprint density at radius 2 is 1.86 bits per heavy atom. The molecule has 6 heteroatoms. The van der Waals surface area contributed by atoms with Crippen molar-refractivity contribution in [3.63, 3.8) is 0 Å². The Morgan fingerprint density at radius 3 is 2.61 bits per heavy atom. The molecule has 1 aromatic carbocycles. The summed E-state index contributed by atoms with van der Waals surface area (Å²) in [6.07, 6.45) is 4.82. The fraction of sp³-hybridized carbons (Fsp3) is 0.409. The highest BCUT2D eigenvalue weighted by molar-refractivity contribution is 5.95. The van der Waals surface area contributed by atoms with Gasteiger partial charge in [-0.3, -0.25) is 14.4 Å². The van der Waals surface area contributed by atoms with Gasteiger partial charge in [0, 0.05) is 38.4 Å². The lowest BCUT2D eigenvalue weighted by atomic mass is 9.78. The number of benzene rings is 1. The van der Waals surface area contributed by atoms with Crippen molar-refractivity contribution in [1.29, 1.82) is 0 Å². The molecule has 2 aromatic rings. The molecule has 1 N–H and O–H groups in total. The van der Waals surface area contributed by atoms with E-state index in [1.165, 1.54) is 17.8 Å². The Labute approximate surface area is 164 Å². The van der Waals surface area contributed by atoms with Crippen molar-refractivity contribution in [2.75, 3.05) is 26.2 Å². The molecule has 1 spiro atoms. The second-order valence-corrected chi connectivity index (χ2v) is 7.83. The number of hydrogen-bond donors (Lipinski definition) is 1. The summed E-state index contributed by atoms with van der Waals surface area (Å²) in [5.41, 5.74) is 1.01. The van der Waals surface area contributed by atoms with E-state index in [1.54, 1.807) is 11.0 Å². The van der Waals surface area contributed by atoms with Gasteiger partial charge in [-0.25, -0.2) is 0 Å². The molecule has 0 saturated carbocycles. The van der Waals surface area contributed by atoms with Crippen LogP contribution in [0.3, 0.4) is 0 Å². The largest absolute Gasteiger partial charge is 0.342 e. The van der Waals surface area contributed by atoms with Crippen LogP contribution in [0.15, 0.2) is 53.5 Å². The number of hydrogen-bond acceptors (Lipinski definition) is 3. The van der Waals surface area contributed by atoms with Crippen LogP contribution < -0.4 is 5.56 Å². The van der Waals surface area contributed by atoms with Crippen LogP contribution in [0.4, 0.5) is 0 Å². The lowest BCUT2D eigenvalue weighted by Crippen LogP contribution is -2.50. The Bertz CT molecular complexity index is 904. The van der Waals surface area contributed by atoms with E-state index in [1.807, 2.05) is 23.1 Å². The van der Waals surface area contributed by atoms with Crippen LogP contribution >= 0.6 is 0 Å². The summed E-state index contributed by atoms with van der Waals surface area (Å²) in [7, 11) is 0. The third-order valence-corrected chi connectivity index (χ3v) is 6.01. The van der Waals surface area contributed by atoms with E-state index in [4.69, 9.17) is 0 Å². The van der Waals surface area contributed by atoms with Gasteiger partial charge >= 0.3 is 0 Å². The first-order valence-corrected chi connectivity index (χ1v) is 9.89. The van der Waals surface area contributed by atoms with Crippen molar-refractivity contribution < 1.29 is 9.59 Å². The molecule has 146 valence electrons. The lowest BCUT2D eigenvalue weighted by Gasteiger charge is -2.39. The molecule has 2 fully saturated rings. The summed E-state index contributed by atoms with van der Waals surface area (Å²) >= 11 is 0. The number of H-pyrrole nitrogens is 1. The van der Waals surface area contributed by atoms with Crippen LogP contribution in [-0.2, 0) is 11.2 Å². The predicted octanol–water partition coefficient (Wildman–Crippen LogP) is 2.07. The van der Waals surface area contributed by atoms with Gasteiger partial charge in [0.15, 0.2) is 0 Å². The topological polar surface area (TPSA) is 73.5 Å². The van der Waals surface area contributed by atoms with Gasteiger partial charge in [0.2, 0.25) is 11.5 Å². The minimum atomic E-state index is -0.452. The number of nitrogens with zero attached hydrogens (tertiary/aromatic N) is 2. The van der Waals surface area contributed by atoms with Gasteiger partial charge in [-0.1, -0.05) is 30.3 Å². The molecule has 0 bridgehead atoms. The smallest absolute Gasteiger partial charge is 0.255 e. The Kier molecular flexibility index (Phi) is 5.03. The predicted molar refractivity (Wildman–Crippen MR) is 106 cm³/mol. The number of amides is 2. The van der Waals surface area contributed by atoms with Crippen molar-refractivity contribution in [2.24, 2.45) is 5.41 Å². The van der Waals surface area contributed by atoms with E-state index >= 15 is 0 Å². The highest BCUT2D eigenvalue weighted by Gasteiger charge is 2.49. The monoisotopic (exact) mass is 379 g/mol. The third-order valence-electron chi connectivity index (χ3n) is 6.01. The van der Waals surface area contributed by atoms with Gasteiger partial charge in [-0.05, 0) is 37.3 Å². The maximum atomic E-state index is 13.3. The van der Waals surface area contributed by atoms with Gasteiger partial charge in [0.25, 0.3) is 5.91 Å². The summed E-state index contributed by atoms with van der Waals surface area (Å²) in [5.74, 6) is 0.0637. The third kappa shape index (κ3) is 3.59. The summed E-state index contributed by atoms with van der Waals surface area (Å²) in [6, 6.07) is 13.1. The molecule has 1 atom stereocenters. The SMILES string of the molecule is O=C(c1ccc(=O)[nH]c1)N1CCC2(CCCN(CCc3ccccc3)C2=O)C1. The number of aromatic amines is 1. The molecule has 2 aliphatic rings. The number of likely N-dealkylation sites (tertiary alicyclic amines) is 2. The summed E-state index contributed by atoms with van der Waals surface area (Å²) in [4.78, 5) is 43.5. The average molecular weight is 379 g/mol. The number of nitrogens with one attached hydrogen (secondary N) is 1. The molecule has 2 saturated heterocycles. The Morgan fingerprint density at radius 1 is 1.04 bits per heavy atom. The molecule has 1 aromatic heterocycles. The fourth-order valence-corrected chi connectivity index (χ4v) is 4.42. The fourth-order valence-electron chi connectivity index (χ4n) is 4.42. The lowest BCUT2D eigenvalue weighted by molar-refractivity contribution is -0.145. The molecule has 4 rings (SSSR count). The van der Waals surface area contributed by atoms with Crippen molar-refractivity contribution in [2.45, 2.75) is 25.7 Å². The average Bonchev–Trinajstić information content (AvgIpc) is 3.15. The summed E-state index contributed by atoms with van der Waals surface area (Å²) in [6.45, 7) is 2.56. The maximum absolute atomic E-state index is 13.3. The quantitative estimate of drug-likeness (QED) is 0.884. The standard InChI is InChI=1S/C22H25N3O3/c26-19-8-7-18(15-23-19)20(27)25-14-11-22(16-25)10-4-12-24(21(22)28)13-9-17-5-2-1-3-6-17/h1-3,5-8,15H,4,9-14,16H2,(H,23,26). The normalized spacial score (nSPS) is 22.1. The minimum absolute atomic E-state index is 0.123. The van der Waals surface area contributed by atoms with E-state index < -0.39 is 5.41 Å². The molecule has 6 nitrogen and oxygen atoms in total. The van der Waals surface area contributed by atoms with E-state index in [9.17, 15) is 14.4 Å². The number of piperidine rings is 1. The second kappa shape index (κ2) is 7.62. The van der Waals surface area contributed by atoms with E-state index in [-0.39, 0.29) is 17.4 Å². The van der Waals surface area contributed by atoms with Crippen molar-refractivity contribution >= 4 is 11.8 Å². The van der Waals surface area contributed by atoms with Gasteiger partial charge in [-0.15, -0.1) is 0 Å². The number of rotatable bonds is 4. The molecule has 2 amide bonds. The number of carbonyl (C=O) groups excluding carboxylic acids is 2. The first-order chi connectivity index (χ1) is 13.6. The molecule has 3 heterocycles. The van der Waals surface area contributed by atoms with Crippen molar-refractivity contribution in [3.05, 3.63) is 70.1 Å². The zero-order valence-electron chi connectivity index (χ0n) is 15.9. The summed E-state index contributed by atoms with van der Waals surface area (Å²) < 4.78 is 0. The molecular formula is C22H25N3O3. The second-order valence-electron chi connectivity index (χ2n) is 7.83. The molecule has 0 radical (unpaired) electrons. The van der Waals surface area contributed by atoms with Gasteiger partial charge in [0.05, 0.1) is 11.0 Å².